The van der Waals surface area contributed by atoms with Crippen molar-refractivity contribution in [2.75, 3.05) is 40.4 Å². The first-order valence-corrected chi connectivity index (χ1v) is 3.73. The zero-order chi connectivity index (χ0) is 9.82. The van der Waals surface area contributed by atoms with Gasteiger partial charge in [0.2, 0.25) is 6.41 Å². The Labute approximate surface area is 73.0 Å². The fourth-order valence-electron chi connectivity index (χ4n) is 0.283. The number of carbonyl (C=O) groups is 1. The van der Waals surface area contributed by atoms with Gasteiger partial charge in [0, 0.05) is 27.2 Å². The van der Waals surface area contributed by atoms with Crippen molar-refractivity contribution in [2.45, 2.75) is 0 Å². The fraction of sp³-hybridized carbons (Fsp3) is 0.857. The maximum Gasteiger partial charge on any atom is 0.209 e. The van der Waals surface area contributed by atoms with Crippen LogP contribution in [0.3, 0.4) is 0 Å². The molecular weight excluding hydrogens is 160 g/mol. The minimum absolute atomic E-state index is 0.139. The summed E-state index contributed by atoms with van der Waals surface area (Å²) in [4.78, 5) is 10.9. The van der Waals surface area contributed by atoms with E-state index in [9.17, 15) is 4.79 Å². The van der Waals surface area contributed by atoms with Crippen molar-refractivity contribution in [3.05, 3.63) is 0 Å². The van der Waals surface area contributed by atoms with Crippen LogP contribution in [-0.2, 0) is 4.79 Å². The third-order valence-electron chi connectivity index (χ3n) is 0.788. The molecule has 0 bridgehead atoms. The number of nitrogens with zero attached hydrogens (tertiary/aromatic N) is 1. The molecule has 12 heavy (non-hydrogen) atoms. The van der Waals surface area contributed by atoms with E-state index in [1.54, 1.807) is 14.1 Å². The highest BCUT2D eigenvalue weighted by molar-refractivity contribution is 5.45. The maximum atomic E-state index is 9.43. The highest BCUT2D eigenvalue weighted by Gasteiger charge is 1.78. The van der Waals surface area contributed by atoms with Gasteiger partial charge in [0.15, 0.2) is 0 Å². The Bertz CT molecular complexity index is 84.7. The minimum Gasteiger partial charge on any atom is -0.395 e. The minimum atomic E-state index is 0.139. The van der Waals surface area contributed by atoms with E-state index < -0.39 is 0 Å². The molecule has 0 saturated carbocycles. The molecule has 0 atom stereocenters. The summed E-state index contributed by atoms with van der Waals surface area (Å²) in [5.74, 6) is 0. The number of carbonyl (C=O) groups excluding carboxylic acids is 1. The van der Waals surface area contributed by atoms with Crippen molar-refractivity contribution in [1.82, 2.24) is 10.2 Å². The SMILES string of the molecule is CN(C)C=O.OCCNCCO. The molecule has 0 radical (unpaired) electrons. The first-order chi connectivity index (χ1) is 5.68. The number of nitrogens with one attached hydrogen (secondary N) is 1. The Morgan fingerprint density at radius 2 is 1.58 bits per heavy atom. The van der Waals surface area contributed by atoms with E-state index in [-0.39, 0.29) is 13.2 Å². The summed E-state index contributed by atoms with van der Waals surface area (Å²) in [5.41, 5.74) is 0. The molecule has 5 heteroatoms. The second-order valence-electron chi connectivity index (χ2n) is 2.27. The van der Waals surface area contributed by atoms with Crippen molar-refractivity contribution >= 4 is 6.41 Å². The fourth-order valence-corrected chi connectivity index (χ4v) is 0.283. The Hall–Kier alpha value is -0.650. The number of rotatable bonds is 5. The normalized spacial score (nSPS) is 8.33. The van der Waals surface area contributed by atoms with Crippen LogP contribution in [0.15, 0.2) is 0 Å². The molecule has 5 nitrogen and oxygen atoms in total. The molecule has 0 saturated heterocycles. The van der Waals surface area contributed by atoms with E-state index >= 15 is 0 Å². The molecule has 0 aliphatic carbocycles. The smallest absolute Gasteiger partial charge is 0.209 e. The lowest BCUT2D eigenvalue weighted by atomic mass is 10.6. The molecule has 1 amide bonds. The van der Waals surface area contributed by atoms with Crippen LogP contribution in [0.5, 0.6) is 0 Å². The zero-order valence-electron chi connectivity index (χ0n) is 7.66. The average Bonchev–Trinajstić information content (AvgIpc) is 2.07. The predicted molar refractivity (Wildman–Crippen MR) is 46.8 cm³/mol. The van der Waals surface area contributed by atoms with Gasteiger partial charge in [-0.15, -0.1) is 0 Å². The van der Waals surface area contributed by atoms with Gasteiger partial charge in [-0.25, -0.2) is 0 Å². The van der Waals surface area contributed by atoms with Gasteiger partial charge in [-0.1, -0.05) is 0 Å². The predicted octanol–water partition coefficient (Wildman–Crippen LogP) is -1.73. The topological polar surface area (TPSA) is 72.8 Å². The van der Waals surface area contributed by atoms with Gasteiger partial charge in [0.05, 0.1) is 13.2 Å². The Morgan fingerprint density at radius 1 is 1.25 bits per heavy atom. The molecule has 0 aliphatic rings. The van der Waals surface area contributed by atoms with Crippen LogP contribution in [0.1, 0.15) is 0 Å². The van der Waals surface area contributed by atoms with Gasteiger partial charge in [0.1, 0.15) is 0 Å². The molecule has 74 valence electrons. The summed E-state index contributed by atoms with van der Waals surface area (Å²) in [6, 6.07) is 0. The van der Waals surface area contributed by atoms with Gasteiger partial charge in [-0.3, -0.25) is 4.79 Å². The van der Waals surface area contributed by atoms with E-state index in [4.69, 9.17) is 10.2 Å². The monoisotopic (exact) mass is 178 g/mol. The molecule has 0 unspecified atom stereocenters. The van der Waals surface area contributed by atoms with Gasteiger partial charge in [-0.05, 0) is 0 Å². The van der Waals surface area contributed by atoms with Gasteiger partial charge in [0.25, 0.3) is 0 Å². The van der Waals surface area contributed by atoms with Gasteiger partial charge < -0.3 is 20.4 Å². The van der Waals surface area contributed by atoms with Gasteiger partial charge in [-0.2, -0.15) is 0 Å². The maximum absolute atomic E-state index is 9.43. The summed E-state index contributed by atoms with van der Waals surface area (Å²) in [6.07, 6.45) is 0.750. The summed E-state index contributed by atoms with van der Waals surface area (Å²) in [6.45, 7) is 1.42. The number of hydrogen-bond acceptors (Lipinski definition) is 4. The van der Waals surface area contributed by atoms with E-state index in [2.05, 4.69) is 5.32 Å². The molecule has 0 aromatic heterocycles. The van der Waals surface area contributed by atoms with E-state index in [0.29, 0.717) is 13.1 Å². The lowest BCUT2D eigenvalue weighted by Gasteiger charge is -1.94. The molecule has 0 heterocycles. The lowest BCUT2D eigenvalue weighted by molar-refractivity contribution is -0.115. The second kappa shape index (κ2) is 13.0. The van der Waals surface area contributed by atoms with Crippen molar-refractivity contribution in [1.29, 1.82) is 0 Å². The quantitative estimate of drug-likeness (QED) is 0.345. The van der Waals surface area contributed by atoms with Crippen LogP contribution < -0.4 is 5.32 Å². The summed E-state index contributed by atoms with van der Waals surface area (Å²) in [7, 11) is 3.38. The van der Waals surface area contributed by atoms with Crippen LogP contribution in [0.25, 0.3) is 0 Å². The highest BCUT2D eigenvalue weighted by atomic mass is 16.3. The molecular formula is C7H18N2O3. The molecule has 0 spiro atoms. The first-order valence-electron chi connectivity index (χ1n) is 3.73. The van der Waals surface area contributed by atoms with Crippen molar-refractivity contribution in [3.8, 4) is 0 Å². The van der Waals surface area contributed by atoms with Crippen LogP contribution in [-0.4, -0.2) is 61.9 Å². The van der Waals surface area contributed by atoms with Crippen molar-refractivity contribution in [3.63, 3.8) is 0 Å². The molecule has 0 aromatic carbocycles. The summed E-state index contributed by atoms with van der Waals surface area (Å²) in [5, 5.41) is 19.1. The largest absolute Gasteiger partial charge is 0.395 e. The van der Waals surface area contributed by atoms with Crippen LogP contribution in [0, 0.1) is 0 Å². The third kappa shape index (κ3) is 22.8. The Kier molecular flexibility index (Phi) is 15.0. The van der Waals surface area contributed by atoms with E-state index in [0.717, 1.165) is 6.41 Å². The lowest BCUT2D eigenvalue weighted by Crippen LogP contribution is -2.21. The first kappa shape index (κ1) is 13.9. The number of aliphatic hydroxyl groups is 2. The average molecular weight is 178 g/mol. The van der Waals surface area contributed by atoms with Crippen molar-refractivity contribution < 1.29 is 15.0 Å². The zero-order valence-corrected chi connectivity index (χ0v) is 7.66. The van der Waals surface area contributed by atoms with Crippen LogP contribution in [0.4, 0.5) is 0 Å². The Balaban J connectivity index is 0. The van der Waals surface area contributed by atoms with E-state index in [1.165, 1.54) is 4.90 Å². The highest BCUT2D eigenvalue weighted by Crippen LogP contribution is 1.54. The molecule has 0 aliphatic heterocycles. The number of amides is 1. The Morgan fingerprint density at radius 3 is 1.75 bits per heavy atom. The van der Waals surface area contributed by atoms with E-state index in [1.807, 2.05) is 0 Å². The van der Waals surface area contributed by atoms with Crippen LogP contribution in [0.2, 0.25) is 0 Å². The number of aliphatic hydroxyl groups excluding tert-OH is 2. The summed E-state index contributed by atoms with van der Waals surface area (Å²) < 4.78 is 0. The van der Waals surface area contributed by atoms with Crippen LogP contribution >= 0.6 is 0 Å². The molecule has 3 N–H and O–H groups in total. The third-order valence-corrected chi connectivity index (χ3v) is 0.788. The number of hydrogen-bond donors (Lipinski definition) is 3. The second-order valence-corrected chi connectivity index (χ2v) is 2.27. The standard InChI is InChI=1S/C4H11NO2.C3H7NO/c6-3-1-5-2-4-7;1-4(2)3-5/h5-7H,1-4H2;3H,1-2H3. The van der Waals surface area contributed by atoms with Crippen molar-refractivity contribution in [2.24, 2.45) is 0 Å². The molecule has 0 aromatic rings. The summed E-state index contributed by atoms with van der Waals surface area (Å²) >= 11 is 0. The molecule has 0 fully saturated rings. The van der Waals surface area contributed by atoms with Gasteiger partial charge >= 0.3 is 0 Å². The molecule has 0 rings (SSSR count).